The van der Waals surface area contributed by atoms with Crippen molar-refractivity contribution in [3.63, 3.8) is 0 Å². The Balaban J connectivity index is 1.71. The van der Waals surface area contributed by atoms with Gasteiger partial charge >= 0.3 is 7.55 Å². The molecule has 103 valence electrons. The lowest BCUT2D eigenvalue weighted by molar-refractivity contribution is 0.916. The highest BCUT2D eigenvalue weighted by Gasteiger charge is 1.92. The minimum Gasteiger partial charge on any atom is -0.226 e. The molecule has 21 heavy (non-hydrogen) atoms. The van der Waals surface area contributed by atoms with Crippen LogP contribution in [-0.2, 0) is 0 Å². The molecule has 0 unspecified atom stereocenters. The Hall–Kier alpha value is -2.70. The molecule has 0 spiro atoms. The molecule has 0 amide bonds. The van der Waals surface area contributed by atoms with Crippen LogP contribution >= 0.6 is 0 Å². The predicted octanol–water partition coefficient (Wildman–Crippen LogP) is 4.81. The average molecular weight is 277 g/mol. The van der Waals surface area contributed by atoms with Crippen molar-refractivity contribution < 1.29 is 0 Å². The van der Waals surface area contributed by atoms with Gasteiger partial charge in [-0.1, -0.05) is 36.4 Å². The van der Waals surface area contributed by atoms with Crippen molar-refractivity contribution in [3.8, 4) is 0 Å². The van der Waals surface area contributed by atoms with Crippen LogP contribution in [0.4, 0.5) is 11.4 Å². The molecule has 0 N–H and O–H groups in total. The van der Waals surface area contributed by atoms with E-state index in [9.17, 15) is 0 Å². The summed E-state index contributed by atoms with van der Waals surface area (Å²) in [6, 6.07) is 17.2. The van der Waals surface area contributed by atoms with Crippen molar-refractivity contribution >= 4 is 18.9 Å². The van der Waals surface area contributed by atoms with Crippen LogP contribution in [-0.4, -0.2) is 14.2 Å². The van der Waals surface area contributed by atoms with Gasteiger partial charge in [-0.05, 0) is 30.7 Å². The fourth-order valence-electron chi connectivity index (χ4n) is 1.50. The molecule has 2 aromatic rings. The van der Waals surface area contributed by atoms with Gasteiger partial charge in [-0.15, -0.1) is 0 Å². The van der Waals surface area contributed by atoms with Crippen LogP contribution in [0.5, 0.6) is 0 Å². The number of hydrogen-bond acceptors (Lipinski definition) is 6. The minimum absolute atomic E-state index is 0.158. The van der Waals surface area contributed by atoms with Gasteiger partial charge in [-0.25, -0.2) is 10.1 Å². The van der Waals surface area contributed by atoms with Gasteiger partial charge < -0.3 is 0 Å². The molecule has 1 radical (unpaired) electrons. The van der Waals surface area contributed by atoms with Crippen LogP contribution in [0.3, 0.4) is 0 Å². The quantitative estimate of drug-likeness (QED) is 0.537. The van der Waals surface area contributed by atoms with E-state index in [1.165, 1.54) is 7.55 Å². The smallest absolute Gasteiger partial charge is 0.226 e. The third-order valence-electron chi connectivity index (χ3n) is 2.53. The SMILES string of the molecule is Cc1ccccc1N=N[B]/N=N/CN=Nc1ccccc1. The van der Waals surface area contributed by atoms with E-state index >= 15 is 0 Å². The first-order chi connectivity index (χ1) is 10.4. The maximum absolute atomic E-state index is 4.03. The second kappa shape index (κ2) is 8.47. The molecule has 0 aliphatic heterocycles. The summed E-state index contributed by atoms with van der Waals surface area (Å²) in [5.74, 6) is 0. The highest BCUT2D eigenvalue weighted by atomic mass is 15.2. The van der Waals surface area contributed by atoms with Gasteiger partial charge in [0, 0.05) is 0 Å². The number of nitrogens with zero attached hydrogens (tertiary/aromatic N) is 6. The number of rotatable bonds is 6. The van der Waals surface area contributed by atoms with E-state index in [1.807, 2.05) is 61.5 Å². The van der Waals surface area contributed by atoms with Gasteiger partial charge in [0.2, 0.25) is 0 Å². The Bertz CT molecular complexity index is 639. The van der Waals surface area contributed by atoms with Crippen molar-refractivity contribution in [1.29, 1.82) is 0 Å². The number of benzene rings is 2. The van der Waals surface area contributed by atoms with Crippen LogP contribution in [0, 0.1) is 6.92 Å². The standard InChI is InChI=1S/C14H14BN6/c1-12-7-5-6-10-14(12)19-21-15-20-17-11-16-18-13-8-3-2-4-9-13/h2-10H,11H2,1H3/b18-16?,20-17+,21-19?. The zero-order valence-electron chi connectivity index (χ0n) is 11.7. The third-order valence-corrected chi connectivity index (χ3v) is 2.53. The molecular formula is C14H14BN6. The molecule has 0 heterocycles. The molecule has 0 aliphatic rings. The molecule has 2 rings (SSSR count). The summed E-state index contributed by atoms with van der Waals surface area (Å²) in [6.45, 7) is 2.13. The Morgan fingerprint density at radius 1 is 0.810 bits per heavy atom. The second-order valence-corrected chi connectivity index (χ2v) is 4.09. The van der Waals surface area contributed by atoms with Gasteiger partial charge in [0.1, 0.15) is 0 Å². The van der Waals surface area contributed by atoms with Crippen molar-refractivity contribution in [1.82, 2.24) is 0 Å². The first kappa shape index (κ1) is 14.7. The fourth-order valence-corrected chi connectivity index (χ4v) is 1.50. The van der Waals surface area contributed by atoms with E-state index in [0.717, 1.165) is 16.9 Å². The van der Waals surface area contributed by atoms with E-state index in [4.69, 9.17) is 0 Å². The average Bonchev–Trinajstić information content (AvgIpc) is 2.52. The molecule has 6 nitrogen and oxygen atoms in total. The molecule has 2 aromatic carbocycles. The summed E-state index contributed by atoms with van der Waals surface area (Å²) < 4.78 is 0. The summed E-state index contributed by atoms with van der Waals surface area (Å²) in [5.41, 5.74) is 2.66. The first-order valence-electron chi connectivity index (χ1n) is 6.43. The number of aryl methyl sites for hydroxylation is 1. The number of azo groups is 1. The molecule has 0 atom stereocenters. The fraction of sp³-hybridized carbons (Fsp3) is 0.143. The van der Waals surface area contributed by atoms with Crippen molar-refractivity contribution in [2.45, 2.75) is 6.92 Å². The highest BCUT2D eigenvalue weighted by Crippen LogP contribution is 2.16. The Morgan fingerprint density at radius 2 is 1.57 bits per heavy atom. The topological polar surface area (TPSA) is 74.2 Å². The van der Waals surface area contributed by atoms with Crippen molar-refractivity contribution in [2.24, 2.45) is 30.5 Å². The summed E-state index contributed by atoms with van der Waals surface area (Å²) >= 11 is 0. The lowest BCUT2D eigenvalue weighted by Gasteiger charge is -1.95. The third kappa shape index (κ3) is 5.44. The summed E-state index contributed by atoms with van der Waals surface area (Å²) in [7, 11) is 1.28. The monoisotopic (exact) mass is 277 g/mol. The molecule has 7 heteroatoms. The molecule has 0 aromatic heterocycles. The van der Waals surface area contributed by atoms with E-state index in [2.05, 4.69) is 30.5 Å². The van der Waals surface area contributed by atoms with Crippen molar-refractivity contribution in [3.05, 3.63) is 60.2 Å². The molecule has 0 aliphatic carbocycles. The first-order valence-corrected chi connectivity index (χ1v) is 6.43. The summed E-state index contributed by atoms with van der Waals surface area (Å²) in [4.78, 5) is 0. The van der Waals surface area contributed by atoms with Crippen LogP contribution in [0.1, 0.15) is 5.56 Å². The predicted molar refractivity (Wildman–Crippen MR) is 82.1 cm³/mol. The van der Waals surface area contributed by atoms with Crippen LogP contribution in [0.25, 0.3) is 0 Å². The molecule has 0 bridgehead atoms. The van der Waals surface area contributed by atoms with E-state index in [-0.39, 0.29) is 6.67 Å². The van der Waals surface area contributed by atoms with Gasteiger partial charge in [0.25, 0.3) is 0 Å². The largest absolute Gasteiger partial charge is 0.485 e. The Labute approximate surface area is 124 Å². The van der Waals surface area contributed by atoms with E-state index < -0.39 is 0 Å². The zero-order valence-corrected chi connectivity index (χ0v) is 11.7. The summed E-state index contributed by atoms with van der Waals surface area (Å²) in [6.07, 6.45) is 0. The summed E-state index contributed by atoms with van der Waals surface area (Å²) in [5, 5.41) is 23.3. The molecule has 0 saturated carbocycles. The second-order valence-electron chi connectivity index (χ2n) is 4.09. The highest BCUT2D eigenvalue weighted by molar-refractivity contribution is 6.29. The zero-order chi connectivity index (χ0) is 14.8. The molecule has 0 fully saturated rings. The molecule has 0 saturated heterocycles. The van der Waals surface area contributed by atoms with Crippen LogP contribution in [0.2, 0.25) is 0 Å². The van der Waals surface area contributed by atoms with E-state index in [0.29, 0.717) is 0 Å². The lowest BCUT2D eigenvalue weighted by Crippen LogP contribution is -1.78. The molecular weight excluding hydrogens is 263 g/mol. The van der Waals surface area contributed by atoms with Crippen LogP contribution < -0.4 is 0 Å². The van der Waals surface area contributed by atoms with Gasteiger partial charge in [0.05, 0.1) is 11.4 Å². The number of hydrogen-bond donors (Lipinski definition) is 0. The van der Waals surface area contributed by atoms with Crippen LogP contribution in [0.15, 0.2) is 85.1 Å². The Kier molecular flexibility index (Phi) is 5.93. The Morgan fingerprint density at radius 3 is 2.38 bits per heavy atom. The normalized spacial score (nSPS) is 11.7. The van der Waals surface area contributed by atoms with Gasteiger partial charge in [-0.3, -0.25) is 0 Å². The maximum Gasteiger partial charge on any atom is 0.485 e. The van der Waals surface area contributed by atoms with Gasteiger partial charge in [-0.2, -0.15) is 20.5 Å². The van der Waals surface area contributed by atoms with E-state index in [1.54, 1.807) is 0 Å². The van der Waals surface area contributed by atoms with Crippen molar-refractivity contribution in [2.75, 3.05) is 6.67 Å². The minimum atomic E-state index is 0.158. The lowest BCUT2D eigenvalue weighted by atomic mass is 10.2. The van der Waals surface area contributed by atoms with Gasteiger partial charge in [0.15, 0.2) is 6.67 Å². The maximum atomic E-state index is 4.03.